The highest BCUT2D eigenvalue weighted by Gasteiger charge is 2.48. The summed E-state index contributed by atoms with van der Waals surface area (Å²) in [6.45, 7) is 3.77. The number of hydrogen-bond acceptors (Lipinski definition) is 4. The fourth-order valence-corrected chi connectivity index (χ4v) is 2.10. The summed E-state index contributed by atoms with van der Waals surface area (Å²) >= 11 is 0. The van der Waals surface area contributed by atoms with Gasteiger partial charge in [0.1, 0.15) is 5.75 Å². The van der Waals surface area contributed by atoms with Crippen molar-refractivity contribution < 1.29 is 25.8 Å². The van der Waals surface area contributed by atoms with E-state index in [1.54, 1.807) is 6.20 Å². The fraction of sp³-hybridized carbons (Fsp3) is 0.364. The van der Waals surface area contributed by atoms with Crippen molar-refractivity contribution in [3.05, 3.63) is 30.1 Å². The molecule has 5 nitrogen and oxygen atoms in total. The monoisotopic (exact) mass is 308 g/mol. The van der Waals surface area contributed by atoms with Gasteiger partial charge in [-0.25, -0.2) is 4.52 Å². The average molecular weight is 308 g/mol. The summed E-state index contributed by atoms with van der Waals surface area (Å²) in [7, 11) is -5.67. The van der Waals surface area contributed by atoms with E-state index in [2.05, 4.69) is 9.28 Å². The minimum absolute atomic E-state index is 0.0852. The van der Waals surface area contributed by atoms with E-state index in [0.29, 0.717) is 5.52 Å². The van der Waals surface area contributed by atoms with Crippen LogP contribution in [0.5, 0.6) is 5.75 Å². The smallest absolute Gasteiger partial charge is 0.376 e. The van der Waals surface area contributed by atoms with Crippen LogP contribution >= 0.6 is 0 Å². The van der Waals surface area contributed by atoms with Crippen molar-refractivity contribution in [2.45, 2.75) is 25.3 Å². The number of rotatable bonds is 3. The number of halogens is 3. The third-order valence-corrected chi connectivity index (χ3v) is 3.61. The van der Waals surface area contributed by atoms with Crippen LogP contribution in [0.2, 0.25) is 0 Å². The van der Waals surface area contributed by atoms with Gasteiger partial charge in [0.15, 0.2) is 0 Å². The first-order chi connectivity index (χ1) is 9.12. The van der Waals surface area contributed by atoms with Crippen LogP contribution in [0.15, 0.2) is 24.5 Å². The summed E-state index contributed by atoms with van der Waals surface area (Å²) < 4.78 is 64.2. The van der Waals surface area contributed by atoms with Crippen molar-refractivity contribution in [1.82, 2.24) is 9.61 Å². The second kappa shape index (κ2) is 4.65. The van der Waals surface area contributed by atoms with Crippen LogP contribution < -0.4 is 4.18 Å². The maximum atomic E-state index is 12.2. The van der Waals surface area contributed by atoms with Crippen molar-refractivity contribution >= 4 is 15.6 Å². The molecule has 9 heteroatoms. The molecule has 0 radical (unpaired) electrons. The number of nitrogens with zero attached hydrogens (tertiary/aromatic N) is 2. The van der Waals surface area contributed by atoms with Crippen LogP contribution in [0, 0.1) is 0 Å². The Morgan fingerprint density at radius 3 is 2.55 bits per heavy atom. The lowest BCUT2D eigenvalue weighted by Gasteiger charge is -2.10. The fourth-order valence-electron chi connectivity index (χ4n) is 1.65. The Hall–Kier alpha value is -1.77. The summed E-state index contributed by atoms with van der Waals surface area (Å²) in [6, 6.07) is 2.32. The first kappa shape index (κ1) is 14.6. The molecule has 0 saturated heterocycles. The molecule has 0 aliphatic heterocycles. The van der Waals surface area contributed by atoms with Crippen LogP contribution in [0.1, 0.15) is 25.3 Å². The summed E-state index contributed by atoms with van der Waals surface area (Å²) in [4.78, 5) is 0. The molecule has 0 aliphatic rings. The zero-order chi connectivity index (χ0) is 15.1. The number of hydrogen-bond donors (Lipinski definition) is 0. The van der Waals surface area contributed by atoms with Crippen LogP contribution in [-0.2, 0) is 10.1 Å². The molecule has 0 atom stereocenters. The van der Waals surface area contributed by atoms with Gasteiger partial charge in [0, 0.05) is 23.9 Å². The van der Waals surface area contributed by atoms with E-state index in [1.807, 2.05) is 13.8 Å². The Kier molecular flexibility index (Phi) is 3.41. The molecule has 0 fully saturated rings. The molecule has 110 valence electrons. The van der Waals surface area contributed by atoms with Crippen molar-refractivity contribution in [2.24, 2.45) is 0 Å². The summed E-state index contributed by atoms with van der Waals surface area (Å²) in [5.41, 5.74) is -4.19. The van der Waals surface area contributed by atoms with Gasteiger partial charge in [0.05, 0.1) is 11.7 Å². The van der Waals surface area contributed by atoms with Crippen LogP contribution in [0.4, 0.5) is 13.2 Å². The number of pyridine rings is 1. The Morgan fingerprint density at radius 1 is 1.35 bits per heavy atom. The predicted molar refractivity (Wildman–Crippen MR) is 64.9 cm³/mol. The van der Waals surface area contributed by atoms with Gasteiger partial charge in [-0.2, -0.15) is 26.7 Å². The second-order valence-electron chi connectivity index (χ2n) is 4.43. The molecule has 20 heavy (non-hydrogen) atoms. The SMILES string of the molecule is CC(C)c1cnn2ccc(OS(=O)(=O)C(F)(F)F)cc12. The van der Waals surface area contributed by atoms with E-state index < -0.39 is 21.4 Å². The summed E-state index contributed by atoms with van der Waals surface area (Å²) in [6.07, 6.45) is 2.91. The first-order valence-corrected chi connectivity index (χ1v) is 7.00. The largest absolute Gasteiger partial charge is 0.534 e. The third-order valence-electron chi connectivity index (χ3n) is 2.63. The summed E-state index contributed by atoms with van der Waals surface area (Å²) in [5.74, 6) is -0.320. The zero-order valence-corrected chi connectivity index (χ0v) is 11.4. The van der Waals surface area contributed by atoms with Crippen molar-refractivity contribution in [3.8, 4) is 5.75 Å². The lowest BCUT2D eigenvalue weighted by molar-refractivity contribution is -0.0500. The Balaban J connectivity index is 2.45. The molecule has 2 heterocycles. The van der Waals surface area contributed by atoms with Gasteiger partial charge in [0.25, 0.3) is 0 Å². The van der Waals surface area contributed by atoms with Crippen LogP contribution in [-0.4, -0.2) is 23.5 Å². The number of alkyl halides is 3. The van der Waals surface area contributed by atoms with E-state index >= 15 is 0 Å². The second-order valence-corrected chi connectivity index (χ2v) is 5.97. The Bertz CT molecular complexity index is 735. The molecular weight excluding hydrogens is 297 g/mol. The highest BCUT2D eigenvalue weighted by atomic mass is 32.2. The maximum Gasteiger partial charge on any atom is 0.534 e. The van der Waals surface area contributed by atoms with Gasteiger partial charge in [-0.05, 0) is 5.92 Å². The molecule has 0 aliphatic carbocycles. The quantitative estimate of drug-likeness (QED) is 0.646. The molecule has 2 aromatic rings. The number of aromatic nitrogens is 2. The first-order valence-electron chi connectivity index (χ1n) is 5.60. The standard InChI is InChI=1S/C11H11F3N2O3S/c1-7(2)9-6-15-16-4-3-8(5-10(9)16)19-20(17,18)11(12,13)14/h3-7H,1-2H3. The molecule has 2 aromatic heterocycles. The average Bonchev–Trinajstić information content (AvgIpc) is 2.69. The molecule has 0 bridgehead atoms. The zero-order valence-electron chi connectivity index (χ0n) is 10.5. The van der Waals surface area contributed by atoms with E-state index in [-0.39, 0.29) is 5.92 Å². The van der Waals surface area contributed by atoms with E-state index in [9.17, 15) is 21.6 Å². The predicted octanol–water partition coefficient (Wildman–Crippen LogP) is 2.69. The lowest BCUT2D eigenvalue weighted by Crippen LogP contribution is -2.28. The topological polar surface area (TPSA) is 60.7 Å². The molecule has 0 aromatic carbocycles. The highest BCUT2D eigenvalue weighted by Crippen LogP contribution is 2.29. The molecule has 0 amide bonds. The Labute approximate surface area is 113 Å². The lowest BCUT2D eigenvalue weighted by atomic mass is 10.1. The minimum Gasteiger partial charge on any atom is -0.376 e. The van der Waals surface area contributed by atoms with Gasteiger partial charge in [-0.15, -0.1) is 0 Å². The van der Waals surface area contributed by atoms with Gasteiger partial charge in [-0.1, -0.05) is 13.8 Å². The Morgan fingerprint density at radius 2 is 2.00 bits per heavy atom. The van der Waals surface area contributed by atoms with E-state index in [1.165, 1.54) is 16.8 Å². The van der Waals surface area contributed by atoms with Gasteiger partial charge in [-0.3, -0.25) is 0 Å². The van der Waals surface area contributed by atoms with Crippen molar-refractivity contribution in [2.75, 3.05) is 0 Å². The van der Waals surface area contributed by atoms with E-state index in [4.69, 9.17) is 0 Å². The van der Waals surface area contributed by atoms with Gasteiger partial charge >= 0.3 is 15.6 Å². The van der Waals surface area contributed by atoms with Crippen molar-refractivity contribution in [3.63, 3.8) is 0 Å². The van der Waals surface area contributed by atoms with Gasteiger partial charge < -0.3 is 4.18 Å². The molecular formula is C11H11F3N2O3S. The molecule has 0 spiro atoms. The van der Waals surface area contributed by atoms with Crippen LogP contribution in [0.25, 0.3) is 5.52 Å². The highest BCUT2D eigenvalue weighted by molar-refractivity contribution is 7.88. The normalized spacial score (nSPS) is 13.1. The molecule has 2 rings (SSSR count). The summed E-state index contributed by atoms with van der Waals surface area (Å²) in [5, 5.41) is 4.02. The number of fused-ring (bicyclic) bond motifs is 1. The third kappa shape index (κ3) is 2.58. The maximum absolute atomic E-state index is 12.2. The molecule has 0 N–H and O–H groups in total. The molecule has 0 unspecified atom stereocenters. The van der Waals surface area contributed by atoms with Crippen LogP contribution in [0.3, 0.4) is 0 Å². The van der Waals surface area contributed by atoms with Crippen molar-refractivity contribution in [1.29, 1.82) is 0 Å². The molecule has 0 saturated carbocycles. The van der Waals surface area contributed by atoms with E-state index in [0.717, 1.165) is 11.6 Å². The minimum atomic E-state index is -5.67. The van der Waals surface area contributed by atoms with Gasteiger partial charge in [0.2, 0.25) is 0 Å².